The largest absolute Gasteiger partial charge is 0.604 e. The van der Waals surface area contributed by atoms with Crippen molar-refractivity contribution in [1.82, 2.24) is 20.4 Å². The Kier molecular flexibility index (Phi) is 1.84. The van der Waals surface area contributed by atoms with E-state index < -0.39 is 11.2 Å². The summed E-state index contributed by atoms with van der Waals surface area (Å²) in [7, 11) is 0. The maximum absolute atomic E-state index is 11.5. The van der Waals surface area contributed by atoms with Crippen LogP contribution in [0.3, 0.4) is 0 Å². The standard InChI is InChI=1S/C6H6N4OS/c11-12(5-1-3-7-9-5)6-2-4-8-10-6/h1-4H,(H,7,9)(H,8,10). The van der Waals surface area contributed by atoms with Gasteiger partial charge in [0, 0.05) is 24.5 Å². The quantitative estimate of drug-likeness (QED) is 0.655. The molecule has 12 heavy (non-hydrogen) atoms. The van der Waals surface area contributed by atoms with E-state index in [1.807, 2.05) is 0 Å². The third-order valence-corrected chi connectivity index (χ3v) is 2.54. The molecular weight excluding hydrogens is 176 g/mol. The van der Waals surface area contributed by atoms with Crippen LogP contribution in [0.2, 0.25) is 0 Å². The number of rotatable bonds is 2. The van der Waals surface area contributed by atoms with Crippen LogP contribution in [-0.2, 0) is 11.2 Å². The summed E-state index contributed by atoms with van der Waals surface area (Å²) in [4.78, 5) is 0. The van der Waals surface area contributed by atoms with Gasteiger partial charge >= 0.3 is 0 Å². The molecule has 6 heteroatoms. The Morgan fingerprint density at radius 2 is 1.58 bits per heavy atom. The van der Waals surface area contributed by atoms with Crippen molar-refractivity contribution >= 4 is 11.2 Å². The summed E-state index contributed by atoms with van der Waals surface area (Å²) in [6, 6.07) is 3.32. The molecule has 0 radical (unpaired) electrons. The summed E-state index contributed by atoms with van der Waals surface area (Å²) in [5, 5.41) is 13.7. The highest BCUT2D eigenvalue weighted by molar-refractivity contribution is 7.91. The number of nitrogens with one attached hydrogen (secondary N) is 2. The number of aromatic nitrogens is 4. The minimum Gasteiger partial charge on any atom is -0.604 e. The molecule has 0 aliphatic rings. The minimum absolute atomic E-state index is 0.488. The van der Waals surface area contributed by atoms with Crippen LogP contribution < -0.4 is 0 Å². The molecule has 2 N–H and O–H groups in total. The molecule has 2 aromatic rings. The lowest BCUT2D eigenvalue weighted by Gasteiger charge is -2.00. The molecule has 0 aromatic carbocycles. The predicted molar refractivity (Wildman–Crippen MR) is 41.8 cm³/mol. The fraction of sp³-hybridized carbons (Fsp3) is 0. The first-order chi connectivity index (χ1) is 5.88. The lowest BCUT2D eigenvalue weighted by molar-refractivity contribution is 0.586. The second-order valence-electron chi connectivity index (χ2n) is 2.09. The normalized spacial score (nSPS) is 10.8. The number of nitrogens with zero attached hydrogens (tertiary/aromatic N) is 2. The minimum atomic E-state index is -1.27. The molecular formula is C6H6N4OS. The highest BCUT2D eigenvalue weighted by atomic mass is 32.2. The van der Waals surface area contributed by atoms with Gasteiger partial charge in [0.1, 0.15) is 0 Å². The molecule has 2 heterocycles. The summed E-state index contributed by atoms with van der Waals surface area (Å²) < 4.78 is 11.5. The molecule has 0 fully saturated rings. The van der Waals surface area contributed by atoms with E-state index in [0.29, 0.717) is 10.1 Å². The summed E-state index contributed by atoms with van der Waals surface area (Å²) in [5.41, 5.74) is 0. The van der Waals surface area contributed by atoms with Crippen LogP contribution in [0.1, 0.15) is 0 Å². The van der Waals surface area contributed by atoms with Crippen molar-refractivity contribution in [2.45, 2.75) is 10.1 Å². The van der Waals surface area contributed by atoms with E-state index in [2.05, 4.69) is 20.4 Å². The topological polar surface area (TPSA) is 80.4 Å². The molecule has 0 aliphatic carbocycles. The Balaban J connectivity index is 2.27. The second kappa shape index (κ2) is 3.00. The smallest absolute Gasteiger partial charge is 0.270 e. The molecule has 62 valence electrons. The zero-order valence-electron chi connectivity index (χ0n) is 6.02. The Morgan fingerprint density at radius 3 is 1.92 bits per heavy atom. The van der Waals surface area contributed by atoms with Gasteiger partial charge in [0.25, 0.3) is 10.1 Å². The Labute approximate surface area is 71.4 Å². The number of hydrogen-bond acceptors (Lipinski definition) is 3. The molecule has 5 nitrogen and oxygen atoms in total. The third kappa shape index (κ3) is 1.21. The van der Waals surface area contributed by atoms with Crippen molar-refractivity contribution in [3.05, 3.63) is 24.5 Å². The van der Waals surface area contributed by atoms with E-state index in [9.17, 15) is 4.55 Å². The lowest BCUT2D eigenvalue weighted by Crippen LogP contribution is -2.02. The maximum Gasteiger partial charge on any atom is 0.270 e. The van der Waals surface area contributed by atoms with E-state index in [4.69, 9.17) is 0 Å². The number of hydrogen-bond donors (Lipinski definition) is 2. The van der Waals surface area contributed by atoms with E-state index >= 15 is 0 Å². The Morgan fingerprint density at radius 1 is 1.08 bits per heavy atom. The predicted octanol–water partition coefficient (Wildman–Crippen LogP) is 0.299. The monoisotopic (exact) mass is 182 g/mol. The first-order valence-corrected chi connectivity index (χ1v) is 4.44. The highest BCUT2D eigenvalue weighted by Gasteiger charge is 2.18. The van der Waals surface area contributed by atoms with E-state index in [0.717, 1.165) is 0 Å². The highest BCUT2D eigenvalue weighted by Crippen LogP contribution is 2.14. The van der Waals surface area contributed by atoms with E-state index in [1.165, 1.54) is 0 Å². The van der Waals surface area contributed by atoms with Crippen molar-refractivity contribution in [2.75, 3.05) is 0 Å². The van der Waals surface area contributed by atoms with Gasteiger partial charge < -0.3 is 4.55 Å². The average molecular weight is 182 g/mol. The van der Waals surface area contributed by atoms with Crippen LogP contribution >= 0.6 is 0 Å². The van der Waals surface area contributed by atoms with Gasteiger partial charge in [0.2, 0.25) is 0 Å². The average Bonchev–Trinajstić information content (AvgIpc) is 2.77. The van der Waals surface area contributed by atoms with Gasteiger partial charge in [-0.15, -0.1) is 10.2 Å². The van der Waals surface area contributed by atoms with Gasteiger partial charge in [-0.25, -0.2) is 0 Å². The van der Waals surface area contributed by atoms with Crippen molar-refractivity contribution < 1.29 is 4.55 Å². The van der Waals surface area contributed by atoms with Crippen molar-refractivity contribution in [1.29, 1.82) is 0 Å². The molecule has 0 spiro atoms. The third-order valence-electron chi connectivity index (χ3n) is 1.33. The molecule has 0 aliphatic heterocycles. The summed E-state index contributed by atoms with van der Waals surface area (Å²) >= 11 is -1.27. The van der Waals surface area contributed by atoms with Crippen molar-refractivity contribution in [3.63, 3.8) is 0 Å². The molecule has 0 saturated heterocycles. The zero-order valence-corrected chi connectivity index (χ0v) is 6.84. The van der Waals surface area contributed by atoms with Crippen LogP contribution in [0.5, 0.6) is 0 Å². The van der Waals surface area contributed by atoms with Crippen LogP contribution in [0, 0.1) is 0 Å². The van der Waals surface area contributed by atoms with Gasteiger partial charge in [0.05, 0.1) is 11.2 Å². The number of H-pyrrole nitrogens is 2. The molecule has 0 atom stereocenters. The first kappa shape index (κ1) is 7.38. The maximum atomic E-state index is 11.5. The van der Waals surface area contributed by atoms with Crippen molar-refractivity contribution in [3.8, 4) is 0 Å². The number of aromatic amines is 2. The second-order valence-corrected chi connectivity index (χ2v) is 3.47. The Hall–Kier alpha value is -1.27. The van der Waals surface area contributed by atoms with Gasteiger partial charge in [-0.3, -0.25) is 10.2 Å². The summed E-state index contributed by atoms with van der Waals surface area (Å²) in [6.07, 6.45) is 3.25. The van der Waals surface area contributed by atoms with Gasteiger partial charge in [0.15, 0.2) is 0 Å². The molecule has 0 unspecified atom stereocenters. The van der Waals surface area contributed by atoms with Crippen molar-refractivity contribution in [2.24, 2.45) is 0 Å². The lowest BCUT2D eigenvalue weighted by atomic mass is 10.7. The molecule has 0 bridgehead atoms. The molecule has 0 saturated carbocycles. The SMILES string of the molecule is [O-][S+](c1cc[nH]n1)c1cc[nH]n1. The zero-order chi connectivity index (χ0) is 8.39. The van der Waals surface area contributed by atoms with Gasteiger partial charge in [-0.05, 0) is 0 Å². The van der Waals surface area contributed by atoms with E-state index in [1.54, 1.807) is 24.5 Å². The molecule has 2 aromatic heterocycles. The van der Waals surface area contributed by atoms with Gasteiger partial charge in [-0.2, -0.15) is 0 Å². The molecule has 0 amide bonds. The van der Waals surface area contributed by atoms with Crippen LogP contribution in [-0.4, -0.2) is 24.9 Å². The van der Waals surface area contributed by atoms with Gasteiger partial charge in [-0.1, -0.05) is 0 Å². The summed E-state index contributed by atoms with van der Waals surface area (Å²) in [5.74, 6) is 0. The molecule has 2 rings (SSSR count). The van der Waals surface area contributed by atoms with E-state index in [-0.39, 0.29) is 0 Å². The summed E-state index contributed by atoms with van der Waals surface area (Å²) in [6.45, 7) is 0. The van der Waals surface area contributed by atoms with Crippen LogP contribution in [0.25, 0.3) is 0 Å². The first-order valence-electron chi connectivity index (χ1n) is 3.29. The van der Waals surface area contributed by atoms with Crippen LogP contribution in [0.15, 0.2) is 34.6 Å². The fourth-order valence-corrected chi connectivity index (χ4v) is 1.68. The fourth-order valence-electron chi connectivity index (χ4n) is 0.807. The van der Waals surface area contributed by atoms with Crippen LogP contribution in [0.4, 0.5) is 0 Å². The Bertz CT molecular complexity index is 296.